The number of carbonyl (C=O) groups excluding carboxylic acids is 2. The predicted molar refractivity (Wildman–Crippen MR) is 123 cm³/mol. The van der Waals surface area contributed by atoms with Crippen molar-refractivity contribution < 1.29 is 56.4 Å². The van der Waals surface area contributed by atoms with Crippen molar-refractivity contribution in [1.82, 2.24) is 19.5 Å². The number of ether oxygens (including phenoxy) is 4. The molecule has 2 atom stereocenters. The van der Waals surface area contributed by atoms with Gasteiger partial charge in [0.1, 0.15) is 36.5 Å². The van der Waals surface area contributed by atoms with Crippen LogP contribution in [-0.4, -0.2) is 73.7 Å². The van der Waals surface area contributed by atoms with Crippen molar-refractivity contribution in [3.05, 3.63) is 54.3 Å². The SMILES string of the molecule is O=C(OCCOC(=O)[C@@H]1C[C@@H](O)CO1)c1ccc(Oc2nccn3c(-c4conc4C(F)(F)F)cnc23)cc1O. The number of aliphatic hydroxyl groups excluding tert-OH is 1. The minimum atomic E-state index is -4.75. The summed E-state index contributed by atoms with van der Waals surface area (Å²) in [5.41, 5.74) is -1.68. The van der Waals surface area contributed by atoms with E-state index in [0.717, 1.165) is 12.3 Å². The number of carbonyl (C=O) groups is 2. The molecule has 4 heterocycles. The molecular weight excluding hydrogens is 545 g/mol. The summed E-state index contributed by atoms with van der Waals surface area (Å²) in [5.74, 6) is -2.16. The number of hydrogen-bond donors (Lipinski definition) is 2. The first kappa shape index (κ1) is 26.9. The number of fused-ring (bicyclic) bond motifs is 1. The zero-order chi connectivity index (χ0) is 28.4. The molecule has 1 fully saturated rings. The van der Waals surface area contributed by atoms with E-state index in [4.69, 9.17) is 18.9 Å². The van der Waals surface area contributed by atoms with Crippen LogP contribution in [0.5, 0.6) is 17.4 Å². The molecule has 5 rings (SSSR count). The first-order valence-electron chi connectivity index (χ1n) is 11.6. The van der Waals surface area contributed by atoms with E-state index in [9.17, 15) is 33.0 Å². The van der Waals surface area contributed by atoms with Crippen molar-refractivity contribution in [1.29, 1.82) is 0 Å². The number of hydrogen-bond acceptors (Lipinski definition) is 12. The number of aromatic hydroxyl groups is 1. The highest BCUT2D eigenvalue weighted by molar-refractivity contribution is 5.92. The smallest absolute Gasteiger partial charge is 0.437 e. The van der Waals surface area contributed by atoms with Crippen LogP contribution in [0.15, 0.2) is 47.6 Å². The molecule has 3 aromatic heterocycles. The van der Waals surface area contributed by atoms with E-state index < -0.39 is 41.8 Å². The third kappa shape index (κ3) is 5.52. The topological polar surface area (TPSA) is 168 Å². The highest BCUT2D eigenvalue weighted by atomic mass is 19.4. The van der Waals surface area contributed by atoms with Crippen LogP contribution in [0.1, 0.15) is 22.5 Å². The van der Waals surface area contributed by atoms with Crippen LogP contribution in [0.3, 0.4) is 0 Å². The molecule has 4 aromatic rings. The summed E-state index contributed by atoms with van der Waals surface area (Å²) in [7, 11) is 0. The largest absolute Gasteiger partial charge is 0.507 e. The van der Waals surface area contributed by atoms with Crippen molar-refractivity contribution >= 4 is 17.6 Å². The number of nitrogens with zero attached hydrogens (tertiary/aromatic N) is 4. The Labute approximate surface area is 221 Å². The summed E-state index contributed by atoms with van der Waals surface area (Å²) in [6, 6.07) is 3.66. The van der Waals surface area contributed by atoms with E-state index in [1.807, 2.05) is 0 Å². The van der Waals surface area contributed by atoms with Crippen molar-refractivity contribution in [3.8, 4) is 28.6 Å². The van der Waals surface area contributed by atoms with Gasteiger partial charge in [0, 0.05) is 24.9 Å². The fourth-order valence-electron chi connectivity index (χ4n) is 3.87. The summed E-state index contributed by atoms with van der Waals surface area (Å²) in [6.07, 6.45) is -1.59. The van der Waals surface area contributed by atoms with Crippen LogP contribution in [0.2, 0.25) is 0 Å². The number of phenolic OH excluding ortho intramolecular Hbond substituents is 1. The molecular formula is C24H19F3N4O9. The van der Waals surface area contributed by atoms with Crippen molar-refractivity contribution in [2.45, 2.75) is 24.8 Å². The summed E-state index contributed by atoms with van der Waals surface area (Å²) in [4.78, 5) is 32.3. The Balaban J connectivity index is 1.23. The average molecular weight is 564 g/mol. The summed E-state index contributed by atoms with van der Waals surface area (Å²) in [5, 5.41) is 22.7. The molecule has 0 bridgehead atoms. The highest BCUT2D eigenvalue weighted by Gasteiger charge is 2.38. The van der Waals surface area contributed by atoms with E-state index in [1.165, 1.54) is 35.1 Å². The summed E-state index contributed by atoms with van der Waals surface area (Å²) >= 11 is 0. The van der Waals surface area contributed by atoms with Crippen molar-refractivity contribution in [3.63, 3.8) is 0 Å². The lowest BCUT2D eigenvalue weighted by atomic mass is 10.2. The Morgan fingerprint density at radius 1 is 1.18 bits per heavy atom. The molecule has 0 aliphatic carbocycles. The number of benzene rings is 1. The molecule has 0 spiro atoms. The lowest BCUT2D eigenvalue weighted by Gasteiger charge is -2.11. The summed E-state index contributed by atoms with van der Waals surface area (Å²) < 4.78 is 66.3. The third-order valence-electron chi connectivity index (χ3n) is 5.71. The van der Waals surface area contributed by atoms with Gasteiger partial charge in [-0.15, -0.1) is 0 Å². The average Bonchev–Trinajstić information content (AvgIpc) is 3.66. The number of aliphatic hydroxyl groups is 1. The number of esters is 2. The van der Waals surface area contributed by atoms with E-state index in [1.54, 1.807) is 0 Å². The standard InChI is InChI=1S/C24H19F3N4O9/c25-24(26,27)19-15(11-39-30-19)16-9-29-20-21(28-3-4-31(16)20)40-13-1-2-14(17(33)8-13)22(34)36-5-6-37-23(35)18-7-12(32)10-38-18/h1-4,8-9,11-12,18,32-33H,5-7,10H2/t12-,18+/m1/s1. The molecule has 2 N–H and O–H groups in total. The lowest BCUT2D eigenvalue weighted by Crippen LogP contribution is -2.24. The number of aromatic nitrogens is 4. The van der Waals surface area contributed by atoms with Gasteiger partial charge in [-0.2, -0.15) is 13.2 Å². The maximum atomic E-state index is 13.3. The Hall–Kier alpha value is -4.70. The van der Waals surface area contributed by atoms with Gasteiger partial charge in [0.2, 0.25) is 5.65 Å². The minimum absolute atomic E-state index is 0.0239. The molecule has 0 unspecified atom stereocenters. The van der Waals surface area contributed by atoms with E-state index in [0.29, 0.717) is 0 Å². The molecule has 1 aliphatic rings. The Morgan fingerprint density at radius 2 is 1.98 bits per heavy atom. The second kappa shape index (κ2) is 10.8. The predicted octanol–water partition coefficient (Wildman–Crippen LogP) is 2.75. The molecule has 16 heteroatoms. The molecule has 1 saturated heterocycles. The van der Waals surface area contributed by atoms with Gasteiger partial charge in [-0.05, 0) is 12.1 Å². The Kier molecular flexibility index (Phi) is 7.27. The summed E-state index contributed by atoms with van der Waals surface area (Å²) in [6.45, 7) is -0.522. The normalized spacial score (nSPS) is 17.2. The quantitative estimate of drug-likeness (QED) is 0.238. The van der Waals surface area contributed by atoms with Gasteiger partial charge < -0.3 is 33.7 Å². The minimum Gasteiger partial charge on any atom is -0.507 e. The second-order valence-electron chi connectivity index (χ2n) is 8.44. The fraction of sp³-hybridized carbons (Fsp3) is 0.292. The van der Waals surface area contributed by atoms with Gasteiger partial charge in [0.25, 0.3) is 5.88 Å². The van der Waals surface area contributed by atoms with E-state index >= 15 is 0 Å². The third-order valence-corrected chi connectivity index (χ3v) is 5.71. The maximum Gasteiger partial charge on any atom is 0.437 e. The van der Waals surface area contributed by atoms with Crippen LogP contribution >= 0.6 is 0 Å². The van der Waals surface area contributed by atoms with Gasteiger partial charge in [-0.3, -0.25) is 4.40 Å². The molecule has 1 aromatic carbocycles. The van der Waals surface area contributed by atoms with Crippen molar-refractivity contribution in [2.75, 3.05) is 19.8 Å². The number of rotatable bonds is 8. The molecule has 40 heavy (non-hydrogen) atoms. The van der Waals surface area contributed by atoms with Crippen LogP contribution in [0.4, 0.5) is 13.2 Å². The van der Waals surface area contributed by atoms with Gasteiger partial charge >= 0.3 is 18.1 Å². The van der Waals surface area contributed by atoms with Crippen LogP contribution in [0.25, 0.3) is 16.9 Å². The lowest BCUT2D eigenvalue weighted by molar-refractivity contribution is -0.155. The van der Waals surface area contributed by atoms with Gasteiger partial charge in [0.05, 0.1) is 30.2 Å². The van der Waals surface area contributed by atoms with E-state index in [-0.39, 0.29) is 60.3 Å². The first-order chi connectivity index (χ1) is 19.1. The second-order valence-corrected chi connectivity index (χ2v) is 8.44. The molecule has 1 aliphatic heterocycles. The molecule has 13 nitrogen and oxygen atoms in total. The molecule has 210 valence electrons. The number of imidazole rings is 1. The van der Waals surface area contributed by atoms with Gasteiger partial charge in [-0.1, -0.05) is 5.16 Å². The molecule has 0 saturated carbocycles. The van der Waals surface area contributed by atoms with Crippen LogP contribution in [-0.2, 0) is 25.2 Å². The Morgan fingerprint density at radius 3 is 2.70 bits per heavy atom. The first-order valence-corrected chi connectivity index (χ1v) is 11.6. The number of phenols is 1. The zero-order valence-electron chi connectivity index (χ0n) is 20.2. The number of alkyl halides is 3. The van der Waals surface area contributed by atoms with Crippen molar-refractivity contribution in [2.24, 2.45) is 0 Å². The fourth-order valence-corrected chi connectivity index (χ4v) is 3.87. The maximum absolute atomic E-state index is 13.3. The molecule has 0 radical (unpaired) electrons. The van der Waals surface area contributed by atoms with Gasteiger partial charge in [-0.25, -0.2) is 19.6 Å². The molecule has 0 amide bonds. The van der Waals surface area contributed by atoms with Crippen LogP contribution in [0, 0.1) is 0 Å². The Bertz CT molecular complexity index is 1550. The number of halogens is 3. The highest BCUT2D eigenvalue weighted by Crippen LogP contribution is 2.37. The van der Waals surface area contributed by atoms with Gasteiger partial charge in [0.15, 0.2) is 11.8 Å². The monoisotopic (exact) mass is 564 g/mol. The van der Waals surface area contributed by atoms with Crippen LogP contribution < -0.4 is 4.74 Å². The zero-order valence-corrected chi connectivity index (χ0v) is 20.2. The van der Waals surface area contributed by atoms with E-state index in [2.05, 4.69) is 19.6 Å².